The van der Waals surface area contributed by atoms with E-state index in [2.05, 4.69) is 0 Å². The quantitative estimate of drug-likeness (QED) is 0.363. The van der Waals surface area contributed by atoms with Crippen LogP contribution in [0, 0.1) is 22.7 Å². The fourth-order valence-electron chi connectivity index (χ4n) is 3.61. The van der Waals surface area contributed by atoms with E-state index in [-0.39, 0.29) is 26.9 Å². The van der Waals surface area contributed by atoms with Crippen LogP contribution in [0.4, 0.5) is 0 Å². The van der Waals surface area contributed by atoms with Crippen LogP contribution in [0.3, 0.4) is 0 Å². The Hall–Kier alpha value is -3.53. The molecule has 4 aromatic carbocycles. The van der Waals surface area contributed by atoms with Crippen molar-refractivity contribution in [2.75, 3.05) is 0 Å². The summed E-state index contributed by atoms with van der Waals surface area (Å²) in [6.07, 6.45) is 0. The van der Waals surface area contributed by atoms with Crippen LogP contribution < -0.4 is 20.4 Å². The van der Waals surface area contributed by atoms with Gasteiger partial charge in [-0.3, -0.25) is 0 Å². The summed E-state index contributed by atoms with van der Waals surface area (Å²) in [7, 11) is -2.89. The van der Waals surface area contributed by atoms with Gasteiger partial charge in [0.2, 0.25) is 5.75 Å². The van der Waals surface area contributed by atoms with E-state index in [1.807, 2.05) is 103 Å². The molecule has 0 heterocycles. The zero-order valence-corrected chi connectivity index (χ0v) is 19.5. The first kappa shape index (κ1) is 22.7. The fraction of sp³-hybridized carbons (Fsp3) is 0. The van der Waals surface area contributed by atoms with Crippen molar-refractivity contribution < 1.29 is 9.63 Å². The number of nitriles is 2. The highest BCUT2D eigenvalue weighted by Crippen LogP contribution is 2.59. The third kappa shape index (κ3) is 3.91. The van der Waals surface area contributed by atoms with Crippen LogP contribution in [-0.4, -0.2) is 5.11 Å². The molecule has 160 valence electrons. The van der Waals surface area contributed by atoms with E-state index < -0.39 is 13.2 Å². The van der Waals surface area contributed by atoms with Crippen LogP contribution in [0.25, 0.3) is 0 Å². The largest absolute Gasteiger partial charge is 0.505 e. The molecular formula is C26H16Cl2N2O2P+. The SMILES string of the molecule is N#Cc1c(O)c(Cl)c(Cl)c(O[P+](c2ccccc2)(c2ccccc2)c2ccccc2)c1C#N. The van der Waals surface area contributed by atoms with Crippen molar-refractivity contribution in [2.45, 2.75) is 0 Å². The van der Waals surface area contributed by atoms with Gasteiger partial charge in [-0.1, -0.05) is 77.8 Å². The van der Waals surface area contributed by atoms with Crippen LogP contribution in [0.5, 0.6) is 11.5 Å². The molecule has 0 amide bonds. The molecule has 0 aromatic heterocycles. The van der Waals surface area contributed by atoms with Gasteiger partial charge in [0.25, 0.3) is 7.49 Å². The summed E-state index contributed by atoms with van der Waals surface area (Å²) in [5, 5.41) is 32.1. The third-order valence-electron chi connectivity index (χ3n) is 5.13. The first-order chi connectivity index (χ1) is 16.0. The molecule has 4 aromatic rings. The molecule has 4 rings (SSSR count). The van der Waals surface area contributed by atoms with Crippen LogP contribution in [0.1, 0.15) is 11.1 Å². The fourth-order valence-corrected chi connectivity index (χ4v) is 7.51. The van der Waals surface area contributed by atoms with Gasteiger partial charge < -0.3 is 9.63 Å². The molecule has 0 saturated heterocycles. The van der Waals surface area contributed by atoms with Crippen molar-refractivity contribution in [1.29, 1.82) is 10.5 Å². The molecule has 4 nitrogen and oxygen atoms in total. The molecule has 0 unspecified atom stereocenters. The number of aromatic hydroxyl groups is 1. The van der Waals surface area contributed by atoms with Gasteiger partial charge in [-0.15, -0.1) is 0 Å². The molecule has 0 bridgehead atoms. The number of benzene rings is 4. The second-order valence-corrected chi connectivity index (χ2v) is 10.7. The summed E-state index contributed by atoms with van der Waals surface area (Å²) in [5.74, 6) is -0.584. The zero-order chi connectivity index (χ0) is 23.4. The first-order valence-corrected chi connectivity index (χ1v) is 12.3. The number of phenolic OH excluding ortho intramolecular Hbond substituents is 1. The van der Waals surface area contributed by atoms with E-state index in [9.17, 15) is 15.6 Å². The number of hydrogen-bond donors (Lipinski definition) is 1. The van der Waals surface area contributed by atoms with Crippen LogP contribution in [0.15, 0.2) is 91.0 Å². The number of halogens is 2. The summed E-state index contributed by atoms with van der Waals surface area (Å²) in [6.45, 7) is 0. The first-order valence-electron chi connectivity index (χ1n) is 9.84. The molecule has 0 aliphatic rings. The second-order valence-electron chi connectivity index (χ2n) is 6.99. The van der Waals surface area contributed by atoms with Crippen molar-refractivity contribution in [3.8, 4) is 23.6 Å². The monoisotopic (exact) mass is 489 g/mol. The van der Waals surface area contributed by atoms with E-state index in [4.69, 9.17) is 27.7 Å². The summed E-state index contributed by atoms with van der Waals surface area (Å²) < 4.78 is 6.80. The number of nitrogens with zero attached hydrogens (tertiary/aromatic N) is 2. The summed E-state index contributed by atoms with van der Waals surface area (Å²) in [6, 6.07) is 32.8. The summed E-state index contributed by atoms with van der Waals surface area (Å²) >= 11 is 12.8. The van der Waals surface area contributed by atoms with Crippen molar-refractivity contribution in [3.05, 3.63) is 112 Å². The number of rotatable bonds is 5. The van der Waals surface area contributed by atoms with E-state index in [1.165, 1.54) is 0 Å². The van der Waals surface area contributed by atoms with Gasteiger partial charge in [0, 0.05) is 0 Å². The third-order valence-corrected chi connectivity index (χ3v) is 9.48. The van der Waals surface area contributed by atoms with E-state index >= 15 is 0 Å². The van der Waals surface area contributed by atoms with Crippen molar-refractivity contribution in [3.63, 3.8) is 0 Å². The highest BCUT2D eigenvalue weighted by Gasteiger charge is 2.50. The van der Waals surface area contributed by atoms with Crippen LogP contribution in [-0.2, 0) is 0 Å². The van der Waals surface area contributed by atoms with Crippen molar-refractivity contribution >= 4 is 46.6 Å². The zero-order valence-electron chi connectivity index (χ0n) is 17.1. The Morgan fingerprint density at radius 3 is 1.39 bits per heavy atom. The molecule has 0 radical (unpaired) electrons. The van der Waals surface area contributed by atoms with Gasteiger partial charge in [0.05, 0.1) is 0 Å². The van der Waals surface area contributed by atoms with Gasteiger partial charge in [0.1, 0.15) is 49.2 Å². The minimum absolute atomic E-state index is 0.0385. The lowest BCUT2D eigenvalue weighted by Crippen LogP contribution is -2.35. The van der Waals surface area contributed by atoms with Crippen LogP contribution in [0.2, 0.25) is 10.0 Å². The van der Waals surface area contributed by atoms with E-state index in [1.54, 1.807) is 0 Å². The number of phenols is 1. The van der Waals surface area contributed by atoms with Crippen molar-refractivity contribution in [1.82, 2.24) is 0 Å². The molecule has 1 N–H and O–H groups in total. The van der Waals surface area contributed by atoms with Gasteiger partial charge in [-0.25, -0.2) is 0 Å². The Bertz CT molecular complexity index is 1290. The predicted molar refractivity (Wildman–Crippen MR) is 133 cm³/mol. The van der Waals surface area contributed by atoms with Gasteiger partial charge >= 0.3 is 0 Å². The van der Waals surface area contributed by atoms with Gasteiger partial charge in [-0.05, 0) is 36.4 Å². The Morgan fingerprint density at radius 1 is 0.636 bits per heavy atom. The molecule has 0 spiro atoms. The van der Waals surface area contributed by atoms with E-state index in [0.29, 0.717) is 0 Å². The Labute approximate surface area is 202 Å². The second kappa shape index (κ2) is 9.53. The Kier molecular flexibility index (Phi) is 6.55. The minimum Gasteiger partial charge on any atom is -0.505 e. The topological polar surface area (TPSA) is 77.0 Å². The summed E-state index contributed by atoms with van der Waals surface area (Å²) in [4.78, 5) is 0. The maximum Gasteiger partial charge on any atom is 0.287 e. The molecule has 0 fully saturated rings. The molecule has 33 heavy (non-hydrogen) atoms. The highest BCUT2D eigenvalue weighted by atomic mass is 35.5. The number of hydrogen-bond acceptors (Lipinski definition) is 4. The smallest absolute Gasteiger partial charge is 0.287 e. The summed E-state index contributed by atoms with van der Waals surface area (Å²) in [5.41, 5.74) is -0.453. The predicted octanol–water partition coefficient (Wildman–Crippen LogP) is 5.73. The molecule has 0 saturated carbocycles. The standard InChI is InChI=1S/C26H15Cl2N2O2P/c27-23-24(28)26(22(17-30)21(16-29)25(23)31)32-33(18-10-4-1-5-11-18,19-12-6-2-7-13-19)20-14-8-3-9-15-20/h1-15H/p+1. The lowest BCUT2D eigenvalue weighted by atomic mass is 10.1. The lowest BCUT2D eigenvalue weighted by molar-refractivity contribution is 0.472. The van der Waals surface area contributed by atoms with E-state index in [0.717, 1.165) is 15.9 Å². The average molecular weight is 490 g/mol. The van der Waals surface area contributed by atoms with Gasteiger partial charge in [0.15, 0.2) is 5.75 Å². The minimum atomic E-state index is -2.89. The maximum absolute atomic E-state index is 10.3. The normalized spacial score (nSPS) is 10.8. The average Bonchev–Trinajstić information content (AvgIpc) is 2.88. The molecule has 0 aliphatic carbocycles. The molecule has 0 aliphatic heterocycles. The molecule has 0 atom stereocenters. The lowest BCUT2D eigenvalue weighted by Gasteiger charge is -2.27. The Morgan fingerprint density at radius 2 is 1.03 bits per heavy atom. The van der Waals surface area contributed by atoms with Crippen molar-refractivity contribution in [2.24, 2.45) is 0 Å². The Balaban J connectivity index is 2.12. The molecule has 7 heteroatoms. The highest BCUT2D eigenvalue weighted by molar-refractivity contribution is 7.92. The van der Waals surface area contributed by atoms with Gasteiger partial charge in [-0.2, -0.15) is 10.5 Å². The molecular weight excluding hydrogens is 474 g/mol. The van der Waals surface area contributed by atoms with Crippen LogP contribution >= 0.6 is 30.7 Å². The maximum atomic E-state index is 10.3.